The number of anilines is 3. The zero-order chi connectivity index (χ0) is 70.6. The SMILES string of the molecule is CCCCCCOc1ccccc1C(=O)Nc1ccc2[nH]cc(C3CCN(CCCCC)CC3)c2c1.CCCCCOc1ccc(C(=O)Nc2ccc3[nH]cc(C4CCN(C)CC4)c3c2)cc1.CCCCCOc1ccccc1C(=O)Nc1ccc2[nH]cc(C3CCN(CCCC)CC3)c2c1. The lowest BCUT2D eigenvalue weighted by atomic mass is 9.89. The van der Waals surface area contributed by atoms with Crippen LogP contribution in [-0.4, -0.2) is 127 Å². The molecule has 3 aliphatic heterocycles. The maximum Gasteiger partial charge on any atom is 0.259 e. The molecular formula is C86H115N9O6. The molecule has 0 spiro atoms. The number of carbonyl (C=O) groups is 3. The fourth-order valence-electron chi connectivity index (χ4n) is 14.5. The summed E-state index contributed by atoms with van der Waals surface area (Å²) in [6, 6.07) is 40.9. The summed E-state index contributed by atoms with van der Waals surface area (Å²) in [5.74, 6) is 3.44. The number of likely N-dealkylation sites (tertiary alicyclic amines) is 3. The van der Waals surface area contributed by atoms with Gasteiger partial charge in [0.15, 0.2) is 0 Å². The number of amides is 3. The zero-order valence-corrected chi connectivity index (χ0v) is 61.5. The molecule has 0 atom stereocenters. The van der Waals surface area contributed by atoms with Crippen LogP contribution in [0.5, 0.6) is 17.2 Å². The number of aromatic nitrogens is 3. The average Bonchev–Trinajstić information content (AvgIpc) is 1.70. The van der Waals surface area contributed by atoms with Crippen LogP contribution in [0.3, 0.4) is 0 Å². The van der Waals surface area contributed by atoms with Gasteiger partial charge in [0.05, 0.1) is 30.9 Å². The molecular weight excluding hydrogens is 1260 g/mol. The molecule has 12 rings (SSSR count). The average molecular weight is 1370 g/mol. The first-order valence-electron chi connectivity index (χ1n) is 38.6. The molecule has 3 amide bonds. The van der Waals surface area contributed by atoms with E-state index >= 15 is 0 Å². The summed E-state index contributed by atoms with van der Waals surface area (Å²) in [4.78, 5) is 56.9. The van der Waals surface area contributed by atoms with Crippen LogP contribution in [0.4, 0.5) is 17.1 Å². The van der Waals surface area contributed by atoms with E-state index in [4.69, 9.17) is 14.2 Å². The van der Waals surface area contributed by atoms with Crippen LogP contribution in [0.1, 0.15) is 235 Å². The topological polar surface area (TPSA) is 172 Å². The third kappa shape index (κ3) is 21.8. The molecule has 0 bridgehead atoms. The van der Waals surface area contributed by atoms with Crippen molar-refractivity contribution < 1.29 is 28.6 Å². The quantitative estimate of drug-likeness (QED) is 0.0225. The number of piperidine rings is 3. The number of hydrogen-bond donors (Lipinski definition) is 6. The minimum absolute atomic E-state index is 0.103. The van der Waals surface area contributed by atoms with Crippen LogP contribution in [0.2, 0.25) is 0 Å². The van der Waals surface area contributed by atoms with Gasteiger partial charge in [-0.3, -0.25) is 14.4 Å². The second-order valence-corrected chi connectivity index (χ2v) is 28.3. The summed E-state index contributed by atoms with van der Waals surface area (Å²) >= 11 is 0. The minimum Gasteiger partial charge on any atom is -0.494 e. The molecule has 0 unspecified atom stereocenters. The Hall–Kier alpha value is -8.37. The number of nitrogens with one attached hydrogen (secondary N) is 6. The van der Waals surface area contributed by atoms with E-state index in [9.17, 15) is 14.4 Å². The van der Waals surface area contributed by atoms with Gasteiger partial charge in [-0.05, 0) is 268 Å². The Morgan fingerprint density at radius 2 is 0.762 bits per heavy atom. The standard InChI is InChI=1S/C31H43N3O2.C29H39N3O2.C26H33N3O2/c1-3-5-7-11-21-36-30-13-9-8-12-26(30)31(35)33-25-14-15-29-27(22-25)28(23-32-29)24-16-19-34(20-17-24)18-10-6-4-2;1-3-5-9-19-34-28-11-8-7-10-24(28)29(33)31-23-12-13-27-25(20-23)26(21-30-27)22-14-17-32(18-15-22)16-6-4-2;1-3-4-5-16-31-22-9-6-20(7-10-22)26(30)28-21-8-11-25-23(17-21)24(18-27-25)19-12-14-29(2)15-13-19/h8-9,12-15,22-24,32H,3-7,10-11,16-21H2,1-2H3,(H,33,35);7-8,10-13,20-22,30H,3-6,9,14-19H2,1-2H3,(H,31,33);6-11,17-19,27H,3-5,12-16H2,1-2H3,(H,28,30). The number of H-pyrrole nitrogens is 3. The number of ether oxygens (including phenoxy) is 3. The molecule has 15 heteroatoms. The van der Waals surface area contributed by atoms with E-state index in [0.29, 0.717) is 59.2 Å². The zero-order valence-electron chi connectivity index (χ0n) is 61.5. The van der Waals surface area contributed by atoms with Crippen LogP contribution in [0, 0.1) is 0 Å². The lowest BCUT2D eigenvalue weighted by molar-refractivity contribution is 0.101. The minimum atomic E-state index is -0.133. The number of carbonyl (C=O) groups excluding carboxylic acids is 3. The van der Waals surface area contributed by atoms with Crippen molar-refractivity contribution in [3.63, 3.8) is 0 Å². The lowest BCUT2D eigenvalue weighted by Crippen LogP contribution is -2.33. The Morgan fingerprint density at radius 3 is 1.20 bits per heavy atom. The smallest absolute Gasteiger partial charge is 0.259 e. The molecule has 3 aromatic heterocycles. The van der Waals surface area contributed by atoms with E-state index in [2.05, 4.69) is 142 Å². The Labute approximate surface area is 601 Å². The van der Waals surface area contributed by atoms with E-state index in [0.717, 1.165) is 97.6 Å². The largest absolute Gasteiger partial charge is 0.494 e. The van der Waals surface area contributed by atoms with Gasteiger partial charge in [-0.25, -0.2) is 0 Å². The van der Waals surface area contributed by atoms with Gasteiger partial charge in [-0.2, -0.15) is 0 Å². The van der Waals surface area contributed by atoms with Gasteiger partial charge >= 0.3 is 0 Å². The van der Waals surface area contributed by atoms with Gasteiger partial charge in [0.25, 0.3) is 17.7 Å². The molecule has 9 aromatic rings. The molecule has 3 aliphatic rings. The monoisotopic (exact) mass is 1370 g/mol. The summed E-state index contributed by atoms with van der Waals surface area (Å²) in [6.07, 6.45) is 31.3. The van der Waals surface area contributed by atoms with E-state index in [1.165, 1.54) is 168 Å². The Bertz CT molecular complexity index is 3980. The molecule has 3 saturated heterocycles. The van der Waals surface area contributed by atoms with Gasteiger partial charge in [-0.15, -0.1) is 0 Å². The summed E-state index contributed by atoms with van der Waals surface area (Å²) < 4.78 is 17.6. The van der Waals surface area contributed by atoms with Crippen molar-refractivity contribution in [1.82, 2.24) is 29.7 Å². The first kappa shape index (κ1) is 75.3. The summed E-state index contributed by atoms with van der Waals surface area (Å²) in [5.41, 5.74) is 11.8. The summed E-state index contributed by atoms with van der Waals surface area (Å²) in [6.45, 7) is 22.5. The lowest BCUT2D eigenvalue weighted by Gasteiger charge is -2.32. The molecule has 15 nitrogen and oxygen atoms in total. The number of benzene rings is 6. The Morgan fingerprint density at radius 1 is 0.396 bits per heavy atom. The van der Waals surface area contributed by atoms with Crippen molar-refractivity contribution in [2.75, 3.05) is 95.2 Å². The van der Waals surface area contributed by atoms with Crippen LogP contribution < -0.4 is 30.2 Å². The van der Waals surface area contributed by atoms with Crippen molar-refractivity contribution in [2.24, 2.45) is 0 Å². The van der Waals surface area contributed by atoms with Crippen LogP contribution >= 0.6 is 0 Å². The number of rotatable bonds is 32. The number of fused-ring (bicyclic) bond motifs is 3. The molecule has 6 N–H and O–H groups in total. The Balaban J connectivity index is 0.000000164. The highest BCUT2D eigenvalue weighted by Crippen LogP contribution is 2.38. The van der Waals surface area contributed by atoms with Crippen molar-refractivity contribution >= 4 is 67.5 Å². The highest BCUT2D eigenvalue weighted by Gasteiger charge is 2.26. The number of hydrogen-bond acceptors (Lipinski definition) is 9. The number of nitrogens with zero attached hydrogens (tertiary/aromatic N) is 3. The number of para-hydroxylation sites is 2. The van der Waals surface area contributed by atoms with Gasteiger partial charge in [0, 0.05) is 73.9 Å². The normalized spacial score (nSPS) is 15.0. The number of unbranched alkanes of at least 4 members (excludes halogenated alkanes) is 10. The molecule has 3 fully saturated rings. The van der Waals surface area contributed by atoms with E-state index in [-0.39, 0.29) is 17.7 Å². The van der Waals surface area contributed by atoms with Gasteiger partial charge < -0.3 is 59.8 Å². The highest BCUT2D eigenvalue weighted by molar-refractivity contribution is 6.08. The van der Waals surface area contributed by atoms with Crippen LogP contribution in [-0.2, 0) is 0 Å². The van der Waals surface area contributed by atoms with Gasteiger partial charge in [-0.1, -0.05) is 123 Å². The van der Waals surface area contributed by atoms with E-state index < -0.39 is 0 Å². The maximum atomic E-state index is 13.2. The molecule has 540 valence electrons. The molecule has 6 aromatic carbocycles. The third-order valence-corrected chi connectivity index (χ3v) is 20.7. The third-order valence-electron chi connectivity index (χ3n) is 20.7. The predicted molar refractivity (Wildman–Crippen MR) is 418 cm³/mol. The van der Waals surface area contributed by atoms with Gasteiger partial charge in [0.2, 0.25) is 0 Å². The van der Waals surface area contributed by atoms with Crippen molar-refractivity contribution in [1.29, 1.82) is 0 Å². The molecule has 0 saturated carbocycles. The highest BCUT2D eigenvalue weighted by atomic mass is 16.5. The maximum absolute atomic E-state index is 13.2. The summed E-state index contributed by atoms with van der Waals surface area (Å²) in [5, 5.41) is 12.9. The van der Waals surface area contributed by atoms with Crippen molar-refractivity contribution in [3.05, 3.63) is 179 Å². The molecule has 6 heterocycles. The Kier molecular flexibility index (Phi) is 29.6. The van der Waals surface area contributed by atoms with Crippen molar-refractivity contribution in [3.8, 4) is 17.2 Å². The number of aromatic amines is 3. The van der Waals surface area contributed by atoms with Crippen LogP contribution in [0.15, 0.2) is 146 Å². The molecule has 101 heavy (non-hydrogen) atoms. The first-order chi connectivity index (χ1) is 49.5. The molecule has 0 aliphatic carbocycles. The second kappa shape index (κ2) is 39.7. The first-order valence-corrected chi connectivity index (χ1v) is 38.6. The van der Waals surface area contributed by atoms with E-state index in [1.807, 2.05) is 91.0 Å². The van der Waals surface area contributed by atoms with Crippen molar-refractivity contribution in [2.45, 2.75) is 187 Å². The fourth-order valence-corrected chi connectivity index (χ4v) is 14.5. The molecule has 0 radical (unpaired) electrons. The van der Waals surface area contributed by atoms with Crippen LogP contribution in [0.25, 0.3) is 32.7 Å². The fraction of sp³-hybridized carbons (Fsp3) is 0.477. The van der Waals surface area contributed by atoms with E-state index in [1.54, 1.807) is 0 Å². The summed E-state index contributed by atoms with van der Waals surface area (Å²) in [7, 11) is 2.18. The van der Waals surface area contributed by atoms with Gasteiger partial charge in [0.1, 0.15) is 17.2 Å². The predicted octanol–water partition coefficient (Wildman–Crippen LogP) is 20.5. The second-order valence-electron chi connectivity index (χ2n) is 28.3.